The number of H-pyrrole nitrogens is 1. The van der Waals surface area contributed by atoms with Gasteiger partial charge in [-0.25, -0.2) is 4.98 Å². The number of aryl methyl sites for hydroxylation is 1. The Morgan fingerprint density at radius 3 is 2.93 bits per heavy atom. The largest absolute Gasteiger partial charge is 0.481 e. The molecule has 0 aromatic carbocycles. The van der Waals surface area contributed by atoms with E-state index in [0.29, 0.717) is 18.1 Å². The molecule has 1 aromatic heterocycles. The van der Waals surface area contributed by atoms with Crippen LogP contribution in [-0.4, -0.2) is 27.0 Å². The second-order valence-corrected chi connectivity index (χ2v) is 2.83. The first kappa shape index (κ1) is 10.2. The molecule has 1 heterocycles. The van der Waals surface area contributed by atoms with E-state index < -0.39 is 5.97 Å². The Balaban J connectivity index is 2.50. The fourth-order valence-corrected chi connectivity index (χ4v) is 0.958. The number of nitrogens with one attached hydrogen (secondary N) is 2. The van der Waals surface area contributed by atoms with Gasteiger partial charge in [0.1, 0.15) is 0 Å². The van der Waals surface area contributed by atoms with Crippen LogP contribution in [-0.2, 0) is 16.0 Å². The molecule has 3 N–H and O–H groups in total. The van der Waals surface area contributed by atoms with E-state index in [1.807, 2.05) is 0 Å². The fourth-order valence-electron chi connectivity index (χ4n) is 0.958. The molecule has 0 atom stereocenters. The van der Waals surface area contributed by atoms with Crippen LogP contribution in [0, 0.1) is 0 Å². The van der Waals surface area contributed by atoms with E-state index >= 15 is 0 Å². The number of carboxylic acid groups (broad SMARTS) is 1. The van der Waals surface area contributed by atoms with Crippen LogP contribution in [0.5, 0.6) is 0 Å². The van der Waals surface area contributed by atoms with Crippen LogP contribution in [0.4, 0.5) is 5.95 Å². The molecule has 76 valence electrons. The van der Waals surface area contributed by atoms with Crippen molar-refractivity contribution in [2.45, 2.75) is 19.8 Å². The molecule has 1 amide bonds. The van der Waals surface area contributed by atoms with Gasteiger partial charge in [-0.2, -0.15) is 0 Å². The average Bonchev–Trinajstić information content (AvgIpc) is 2.47. The first-order valence-corrected chi connectivity index (χ1v) is 4.11. The number of carbonyl (C=O) groups excluding carboxylic acids is 1. The molecule has 0 fully saturated rings. The third kappa shape index (κ3) is 3.26. The number of aromatic nitrogens is 2. The second-order valence-electron chi connectivity index (χ2n) is 2.83. The highest BCUT2D eigenvalue weighted by Gasteiger charge is 2.03. The maximum Gasteiger partial charge on any atom is 0.303 e. The molecular formula is C8H11N3O3. The number of aliphatic carboxylic acids is 1. The van der Waals surface area contributed by atoms with E-state index in [1.54, 1.807) is 0 Å². The summed E-state index contributed by atoms with van der Waals surface area (Å²) in [6, 6.07) is 0. The Morgan fingerprint density at radius 1 is 1.64 bits per heavy atom. The predicted molar refractivity (Wildman–Crippen MR) is 48.8 cm³/mol. The number of hydrogen-bond donors (Lipinski definition) is 3. The first-order chi connectivity index (χ1) is 6.58. The van der Waals surface area contributed by atoms with Crippen LogP contribution >= 0.6 is 0 Å². The van der Waals surface area contributed by atoms with Crippen molar-refractivity contribution in [3.05, 3.63) is 11.9 Å². The summed E-state index contributed by atoms with van der Waals surface area (Å²) in [5.41, 5.74) is 0.691. The van der Waals surface area contributed by atoms with Crippen LogP contribution in [0.3, 0.4) is 0 Å². The lowest BCUT2D eigenvalue weighted by Gasteiger charge is -1.95. The van der Waals surface area contributed by atoms with Crippen molar-refractivity contribution in [1.82, 2.24) is 9.97 Å². The minimum absolute atomic E-state index is 0.0434. The van der Waals surface area contributed by atoms with Crippen molar-refractivity contribution in [3.8, 4) is 0 Å². The molecule has 1 rings (SSSR count). The predicted octanol–water partition coefficient (Wildman–Crippen LogP) is 0.385. The summed E-state index contributed by atoms with van der Waals surface area (Å²) in [7, 11) is 0. The molecule has 0 spiro atoms. The number of anilines is 1. The van der Waals surface area contributed by atoms with Crippen molar-refractivity contribution >= 4 is 17.8 Å². The lowest BCUT2D eigenvalue weighted by atomic mass is 10.2. The maximum atomic E-state index is 10.6. The topological polar surface area (TPSA) is 95.1 Å². The van der Waals surface area contributed by atoms with Crippen molar-refractivity contribution in [1.29, 1.82) is 0 Å². The molecule has 0 aliphatic heterocycles. The van der Waals surface area contributed by atoms with Crippen LogP contribution in [0.2, 0.25) is 0 Å². The quantitative estimate of drug-likeness (QED) is 0.650. The molecule has 1 aromatic rings. The number of rotatable bonds is 4. The molecule has 0 bridgehead atoms. The summed E-state index contributed by atoms with van der Waals surface area (Å²) >= 11 is 0. The van der Waals surface area contributed by atoms with E-state index in [4.69, 9.17) is 5.11 Å². The lowest BCUT2D eigenvalue weighted by Crippen LogP contribution is -2.07. The molecule has 6 heteroatoms. The molecule has 0 radical (unpaired) electrons. The minimum atomic E-state index is -0.860. The summed E-state index contributed by atoms with van der Waals surface area (Å²) < 4.78 is 0. The van der Waals surface area contributed by atoms with Crippen LogP contribution in [0.25, 0.3) is 0 Å². The van der Waals surface area contributed by atoms with E-state index in [-0.39, 0.29) is 12.3 Å². The number of amides is 1. The van der Waals surface area contributed by atoms with Crippen molar-refractivity contribution in [2.24, 2.45) is 0 Å². The fraction of sp³-hybridized carbons (Fsp3) is 0.375. The van der Waals surface area contributed by atoms with Crippen LogP contribution < -0.4 is 5.32 Å². The Morgan fingerprint density at radius 2 is 2.36 bits per heavy atom. The normalized spacial score (nSPS) is 9.79. The number of imidazole rings is 1. The van der Waals surface area contributed by atoms with Gasteiger partial charge in [0, 0.05) is 12.6 Å². The summed E-state index contributed by atoms with van der Waals surface area (Å²) in [6.07, 6.45) is 1.93. The average molecular weight is 197 g/mol. The molecular weight excluding hydrogens is 186 g/mol. The Bertz CT molecular complexity index is 345. The summed E-state index contributed by atoms with van der Waals surface area (Å²) in [6.45, 7) is 1.37. The van der Waals surface area contributed by atoms with Crippen molar-refractivity contribution < 1.29 is 14.7 Å². The van der Waals surface area contributed by atoms with E-state index in [2.05, 4.69) is 15.3 Å². The molecule has 0 saturated carbocycles. The minimum Gasteiger partial charge on any atom is -0.481 e. The molecule has 0 saturated heterocycles. The number of carboxylic acids is 1. The third-order valence-corrected chi connectivity index (χ3v) is 1.53. The smallest absolute Gasteiger partial charge is 0.303 e. The summed E-state index contributed by atoms with van der Waals surface area (Å²) in [5.74, 6) is -0.734. The third-order valence-electron chi connectivity index (χ3n) is 1.53. The number of aromatic amines is 1. The SMILES string of the molecule is CC(=O)Nc1ncc(CCC(=O)O)[nH]1. The van der Waals surface area contributed by atoms with Crippen LogP contribution in [0.15, 0.2) is 6.20 Å². The highest BCUT2D eigenvalue weighted by molar-refractivity contribution is 5.86. The monoisotopic (exact) mass is 197 g/mol. The maximum absolute atomic E-state index is 10.6. The van der Waals surface area contributed by atoms with Gasteiger partial charge >= 0.3 is 5.97 Å². The summed E-state index contributed by atoms with van der Waals surface area (Å²) in [4.78, 5) is 27.5. The van der Waals surface area contributed by atoms with Gasteiger partial charge in [-0.05, 0) is 6.42 Å². The number of carbonyl (C=O) groups is 2. The zero-order valence-corrected chi connectivity index (χ0v) is 7.70. The molecule has 6 nitrogen and oxygen atoms in total. The Labute approximate surface area is 80.4 Å². The Kier molecular flexibility index (Phi) is 3.22. The first-order valence-electron chi connectivity index (χ1n) is 4.11. The van der Waals surface area contributed by atoms with Gasteiger partial charge in [-0.3, -0.25) is 14.9 Å². The Hall–Kier alpha value is -1.85. The zero-order valence-electron chi connectivity index (χ0n) is 7.70. The standard InChI is InChI=1S/C8H11N3O3/c1-5(12)10-8-9-4-6(11-8)2-3-7(13)14/h4H,2-3H2,1H3,(H,13,14)(H2,9,10,11,12). The van der Waals surface area contributed by atoms with E-state index in [1.165, 1.54) is 13.1 Å². The van der Waals surface area contributed by atoms with Gasteiger partial charge in [0.25, 0.3) is 0 Å². The summed E-state index contributed by atoms with van der Waals surface area (Å²) in [5, 5.41) is 10.9. The van der Waals surface area contributed by atoms with Gasteiger partial charge in [0.05, 0.1) is 12.6 Å². The van der Waals surface area contributed by atoms with Gasteiger partial charge in [-0.1, -0.05) is 0 Å². The highest BCUT2D eigenvalue weighted by atomic mass is 16.4. The van der Waals surface area contributed by atoms with Crippen molar-refractivity contribution in [3.63, 3.8) is 0 Å². The highest BCUT2D eigenvalue weighted by Crippen LogP contribution is 2.04. The number of nitrogens with zero attached hydrogens (tertiary/aromatic N) is 1. The van der Waals surface area contributed by atoms with E-state index in [0.717, 1.165) is 0 Å². The van der Waals surface area contributed by atoms with Gasteiger partial charge < -0.3 is 10.1 Å². The molecule has 0 unspecified atom stereocenters. The van der Waals surface area contributed by atoms with Crippen molar-refractivity contribution in [2.75, 3.05) is 5.32 Å². The molecule has 0 aliphatic rings. The zero-order chi connectivity index (χ0) is 10.6. The second kappa shape index (κ2) is 4.40. The number of hydrogen-bond acceptors (Lipinski definition) is 3. The molecule has 0 aliphatic carbocycles. The molecule has 14 heavy (non-hydrogen) atoms. The van der Waals surface area contributed by atoms with Gasteiger partial charge in [-0.15, -0.1) is 0 Å². The lowest BCUT2D eigenvalue weighted by molar-refractivity contribution is -0.137. The van der Waals surface area contributed by atoms with Gasteiger partial charge in [0.15, 0.2) is 0 Å². The van der Waals surface area contributed by atoms with Crippen LogP contribution in [0.1, 0.15) is 19.0 Å². The van der Waals surface area contributed by atoms with Gasteiger partial charge in [0.2, 0.25) is 11.9 Å². The van der Waals surface area contributed by atoms with E-state index in [9.17, 15) is 9.59 Å².